The molecule has 214 valence electrons. The van der Waals surface area contributed by atoms with Crippen LogP contribution in [-0.4, -0.2) is 92.0 Å². The molecular formula is C25H43NO11. The van der Waals surface area contributed by atoms with E-state index in [1.807, 2.05) is 0 Å². The first-order chi connectivity index (χ1) is 17.5. The zero-order chi connectivity index (χ0) is 28.0. The van der Waals surface area contributed by atoms with Crippen molar-refractivity contribution in [1.29, 1.82) is 0 Å². The summed E-state index contributed by atoms with van der Waals surface area (Å²) in [6, 6.07) is -1.48. The van der Waals surface area contributed by atoms with Crippen LogP contribution in [0.4, 0.5) is 0 Å². The summed E-state index contributed by atoms with van der Waals surface area (Å²) in [6.07, 6.45) is 1.11. The minimum Gasteiger partial charge on any atom is -0.481 e. The number of Topliss-reactive ketones (excluding diaryl/α,β-unsaturated/α-hetero) is 1. The monoisotopic (exact) mass is 533 g/mol. The highest BCUT2D eigenvalue weighted by atomic mass is 16.7. The van der Waals surface area contributed by atoms with Crippen molar-refractivity contribution in [2.24, 2.45) is 0 Å². The molecule has 1 amide bonds. The Morgan fingerprint density at radius 1 is 0.919 bits per heavy atom. The lowest BCUT2D eigenvalue weighted by atomic mass is 9.90. The number of carbonyl (C=O) groups is 4. The number of carboxylic acid groups (broad SMARTS) is 1. The van der Waals surface area contributed by atoms with Crippen molar-refractivity contribution in [1.82, 2.24) is 5.32 Å². The highest BCUT2D eigenvalue weighted by molar-refractivity contribution is 5.90. The van der Waals surface area contributed by atoms with Gasteiger partial charge in [0.15, 0.2) is 6.10 Å². The highest BCUT2D eigenvalue weighted by Gasteiger charge is 2.59. The molecule has 1 rings (SSSR count). The molecule has 0 saturated carbocycles. The van der Waals surface area contributed by atoms with Gasteiger partial charge in [0.25, 0.3) is 0 Å². The van der Waals surface area contributed by atoms with Crippen LogP contribution in [0, 0.1) is 0 Å². The second kappa shape index (κ2) is 16.7. The number of carbonyl (C=O) groups excluding carboxylic acids is 3. The molecule has 1 unspecified atom stereocenters. The van der Waals surface area contributed by atoms with E-state index >= 15 is 0 Å². The Hall–Kier alpha value is -2.12. The van der Waals surface area contributed by atoms with Gasteiger partial charge >= 0.3 is 17.7 Å². The molecule has 1 aliphatic rings. The number of rotatable bonds is 18. The number of nitrogens with one attached hydrogen (secondary N) is 1. The first-order valence-electron chi connectivity index (χ1n) is 13.1. The van der Waals surface area contributed by atoms with Crippen molar-refractivity contribution in [3.05, 3.63) is 0 Å². The van der Waals surface area contributed by atoms with Crippen LogP contribution in [0.1, 0.15) is 90.9 Å². The number of esters is 1. The lowest BCUT2D eigenvalue weighted by Crippen LogP contribution is -2.69. The molecule has 12 heteroatoms. The number of aliphatic carboxylic acids is 1. The van der Waals surface area contributed by atoms with Gasteiger partial charge in [-0.3, -0.25) is 14.4 Å². The van der Waals surface area contributed by atoms with Gasteiger partial charge in [0.05, 0.1) is 6.61 Å². The zero-order valence-electron chi connectivity index (χ0n) is 21.8. The third-order valence-corrected chi connectivity index (χ3v) is 6.47. The lowest BCUT2D eigenvalue weighted by Gasteiger charge is -2.46. The Morgan fingerprint density at radius 3 is 2.00 bits per heavy atom. The van der Waals surface area contributed by atoms with E-state index in [0.29, 0.717) is 6.42 Å². The second-order valence-corrected chi connectivity index (χ2v) is 9.54. The Labute approximate surface area is 217 Å². The molecule has 6 atom stereocenters. The summed E-state index contributed by atoms with van der Waals surface area (Å²) in [5.74, 6) is -6.83. The maximum Gasteiger partial charge on any atom is 0.331 e. The number of unbranched alkanes of at least 4 members (excludes halogenated alkanes) is 8. The number of hydrogen-bond donors (Lipinski definition) is 6. The second-order valence-electron chi connectivity index (χ2n) is 9.54. The molecule has 1 fully saturated rings. The fourth-order valence-electron chi connectivity index (χ4n) is 4.19. The summed E-state index contributed by atoms with van der Waals surface area (Å²) in [4.78, 5) is 48.8. The van der Waals surface area contributed by atoms with Gasteiger partial charge < -0.3 is 40.3 Å². The third kappa shape index (κ3) is 10.3. The van der Waals surface area contributed by atoms with E-state index < -0.39 is 72.9 Å². The molecule has 1 heterocycles. The molecule has 0 aromatic heterocycles. The summed E-state index contributed by atoms with van der Waals surface area (Å²) in [7, 11) is 0. The fraction of sp³-hybridized carbons (Fsp3) is 0.840. The molecule has 0 bridgehead atoms. The van der Waals surface area contributed by atoms with Crippen molar-refractivity contribution in [3.63, 3.8) is 0 Å². The third-order valence-electron chi connectivity index (χ3n) is 6.47. The van der Waals surface area contributed by atoms with Crippen molar-refractivity contribution in [2.45, 2.75) is 127 Å². The van der Waals surface area contributed by atoms with Gasteiger partial charge in [-0.15, -0.1) is 0 Å². The fourth-order valence-corrected chi connectivity index (χ4v) is 4.19. The number of ether oxygens (including phenoxy) is 2. The molecule has 1 aliphatic heterocycles. The van der Waals surface area contributed by atoms with Crippen LogP contribution in [0.2, 0.25) is 0 Å². The van der Waals surface area contributed by atoms with E-state index in [9.17, 15) is 39.6 Å². The van der Waals surface area contributed by atoms with Crippen LogP contribution >= 0.6 is 0 Å². The van der Waals surface area contributed by atoms with Gasteiger partial charge in [0.2, 0.25) is 11.7 Å². The molecule has 0 aliphatic carbocycles. The molecule has 0 radical (unpaired) electrons. The minimum atomic E-state index is -2.77. The molecule has 37 heavy (non-hydrogen) atoms. The summed E-state index contributed by atoms with van der Waals surface area (Å²) >= 11 is 0. The quantitative estimate of drug-likeness (QED) is 0.106. The van der Waals surface area contributed by atoms with Crippen LogP contribution < -0.4 is 5.32 Å². The van der Waals surface area contributed by atoms with Gasteiger partial charge in [-0.1, -0.05) is 58.3 Å². The summed E-state index contributed by atoms with van der Waals surface area (Å²) in [6.45, 7) is 2.20. The predicted molar refractivity (Wildman–Crippen MR) is 130 cm³/mol. The number of carboxylic acids is 1. The van der Waals surface area contributed by atoms with Crippen molar-refractivity contribution >= 4 is 23.6 Å². The Morgan fingerprint density at radius 2 is 1.49 bits per heavy atom. The molecule has 1 saturated heterocycles. The zero-order valence-corrected chi connectivity index (χ0v) is 21.8. The van der Waals surface area contributed by atoms with Crippen LogP contribution in [0.5, 0.6) is 0 Å². The van der Waals surface area contributed by atoms with E-state index in [-0.39, 0.29) is 12.8 Å². The first-order valence-corrected chi connectivity index (χ1v) is 13.1. The average molecular weight is 534 g/mol. The predicted octanol–water partition coefficient (Wildman–Crippen LogP) is 0.559. The topological polar surface area (TPSA) is 200 Å². The molecule has 0 aromatic carbocycles. The minimum absolute atomic E-state index is 0.0984. The number of aliphatic hydroxyl groups is 4. The Bertz CT molecular complexity index is 744. The van der Waals surface area contributed by atoms with E-state index in [1.165, 1.54) is 25.7 Å². The molecule has 6 N–H and O–H groups in total. The van der Waals surface area contributed by atoms with Crippen molar-refractivity contribution in [3.8, 4) is 0 Å². The van der Waals surface area contributed by atoms with E-state index in [2.05, 4.69) is 12.2 Å². The van der Waals surface area contributed by atoms with E-state index in [4.69, 9.17) is 14.6 Å². The highest BCUT2D eigenvalue weighted by Crippen LogP contribution is 2.33. The maximum atomic E-state index is 12.9. The lowest BCUT2D eigenvalue weighted by molar-refractivity contribution is -0.334. The standard InChI is InChI=1S/C25H43NO11/c1-3-4-5-6-7-8-9-10-11-12-19(29)26-17(13-14-20(30)31)24(35)37-25(16(2)28)23(34)22(33)21(32)18(15-27)36-25/h17-18,21-23,27,32-34H,3-15H2,1-2H3,(H,26,29)(H,30,31)/t17-,18+,21+,22-,23+,25?/m0/s1. The maximum absolute atomic E-state index is 12.9. The van der Waals surface area contributed by atoms with Crippen LogP contribution in [0.15, 0.2) is 0 Å². The van der Waals surface area contributed by atoms with E-state index in [0.717, 1.165) is 32.6 Å². The molecule has 12 nitrogen and oxygen atoms in total. The first kappa shape index (κ1) is 32.9. The van der Waals surface area contributed by atoms with Gasteiger partial charge in [0, 0.05) is 19.8 Å². The Balaban J connectivity index is 2.77. The molecule has 0 spiro atoms. The summed E-state index contributed by atoms with van der Waals surface area (Å²) < 4.78 is 10.4. The van der Waals surface area contributed by atoms with Gasteiger partial charge in [-0.2, -0.15) is 0 Å². The van der Waals surface area contributed by atoms with Gasteiger partial charge in [-0.05, 0) is 12.8 Å². The molecule has 0 aromatic rings. The average Bonchev–Trinajstić information content (AvgIpc) is 2.85. The van der Waals surface area contributed by atoms with Gasteiger partial charge in [0.1, 0.15) is 24.4 Å². The van der Waals surface area contributed by atoms with Crippen molar-refractivity contribution < 1.29 is 54.2 Å². The SMILES string of the molecule is CCCCCCCCCCCC(=O)N[C@@H](CCC(=O)O)C(=O)OC1(C(C)=O)O[C@H](CO)[C@@H](O)[C@H](O)[C@H]1O. The summed E-state index contributed by atoms with van der Waals surface area (Å²) in [5, 5.41) is 51.4. The summed E-state index contributed by atoms with van der Waals surface area (Å²) in [5.41, 5.74) is 0. The number of aliphatic hydroxyl groups excluding tert-OH is 4. The van der Waals surface area contributed by atoms with Crippen molar-refractivity contribution in [2.75, 3.05) is 6.61 Å². The van der Waals surface area contributed by atoms with Crippen LogP contribution in [0.3, 0.4) is 0 Å². The number of ketones is 1. The Kier molecular flexibility index (Phi) is 14.8. The normalized spacial score (nSPS) is 26.3. The van der Waals surface area contributed by atoms with Gasteiger partial charge in [-0.25, -0.2) is 4.79 Å². The molecular weight excluding hydrogens is 490 g/mol. The number of amides is 1. The van der Waals surface area contributed by atoms with E-state index in [1.54, 1.807) is 0 Å². The smallest absolute Gasteiger partial charge is 0.331 e. The largest absolute Gasteiger partial charge is 0.481 e. The van der Waals surface area contributed by atoms with Crippen LogP contribution in [0.25, 0.3) is 0 Å². The van der Waals surface area contributed by atoms with Crippen LogP contribution in [-0.2, 0) is 28.7 Å². The number of hydrogen-bond acceptors (Lipinski definition) is 10.